The zero-order valence-corrected chi connectivity index (χ0v) is 22.3. The molecule has 1 fully saturated rings. The van der Waals surface area contributed by atoms with E-state index in [4.69, 9.17) is 10.7 Å². The number of amides is 1. The van der Waals surface area contributed by atoms with Crippen LogP contribution < -0.4 is 20.9 Å². The zero-order chi connectivity index (χ0) is 26.6. The first-order valence-corrected chi connectivity index (χ1v) is 13.1. The number of nitrogens with two attached hydrogens (primary N) is 1. The van der Waals surface area contributed by atoms with E-state index in [-0.39, 0.29) is 11.6 Å². The number of nitrogens with zero attached hydrogens (tertiary/aromatic N) is 4. The van der Waals surface area contributed by atoms with Crippen molar-refractivity contribution >= 4 is 29.3 Å². The average molecular weight is 505 g/mol. The average Bonchev–Trinajstić information content (AvgIpc) is 2.96. The Morgan fingerprint density at radius 1 is 1.05 bits per heavy atom. The van der Waals surface area contributed by atoms with E-state index in [0.717, 1.165) is 50.8 Å². The van der Waals surface area contributed by atoms with Gasteiger partial charge in [-0.25, -0.2) is 4.98 Å². The normalized spacial score (nSPS) is 14.5. The molecule has 0 radical (unpaired) electrons. The Kier molecular flexibility index (Phi) is 10.7. The van der Waals surface area contributed by atoms with Crippen molar-refractivity contribution in [2.75, 3.05) is 56.1 Å². The summed E-state index contributed by atoms with van der Waals surface area (Å²) in [6.45, 7) is 10.2. The van der Waals surface area contributed by atoms with E-state index in [1.165, 1.54) is 25.5 Å². The summed E-state index contributed by atoms with van der Waals surface area (Å²) in [6.07, 6.45) is 7.21. The van der Waals surface area contributed by atoms with E-state index in [2.05, 4.69) is 33.9 Å². The molecule has 1 aliphatic heterocycles. The van der Waals surface area contributed by atoms with Crippen LogP contribution in [0.2, 0.25) is 0 Å². The number of rotatable bonds is 12. The molecule has 8 nitrogen and oxygen atoms in total. The molecule has 198 valence electrons. The van der Waals surface area contributed by atoms with Crippen molar-refractivity contribution in [1.29, 1.82) is 0 Å². The number of hydrogen-bond donors (Lipinski definition) is 2. The maximum atomic E-state index is 12.8. The molecule has 1 amide bonds. The Bertz CT molecular complexity index is 1090. The lowest BCUT2D eigenvalue weighted by molar-refractivity contribution is -0.105. The molecule has 1 aromatic carbocycles. The van der Waals surface area contributed by atoms with Crippen molar-refractivity contribution in [3.63, 3.8) is 0 Å². The van der Waals surface area contributed by atoms with Gasteiger partial charge in [0.25, 0.3) is 5.91 Å². The van der Waals surface area contributed by atoms with E-state index in [1.54, 1.807) is 18.2 Å². The summed E-state index contributed by atoms with van der Waals surface area (Å²) in [5.74, 6) is 0.459. The van der Waals surface area contributed by atoms with Gasteiger partial charge >= 0.3 is 0 Å². The summed E-state index contributed by atoms with van der Waals surface area (Å²) in [5, 5.41) is 2.70. The zero-order valence-electron chi connectivity index (χ0n) is 22.3. The molecule has 1 aliphatic rings. The molecular weight excluding hydrogens is 464 g/mol. The first-order chi connectivity index (χ1) is 18.0. The monoisotopic (exact) mass is 504 g/mol. The third kappa shape index (κ3) is 7.92. The molecule has 0 unspecified atom stereocenters. The number of nitrogens with one attached hydrogen (secondary N) is 1. The molecule has 0 spiro atoms. The molecule has 3 N–H and O–H groups in total. The Labute approximate surface area is 220 Å². The highest BCUT2D eigenvalue weighted by molar-refractivity contribution is 5.99. The van der Waals surface area contributed by atoms with Crippen molar-refractivity contribution in [3.05, 3.63) is 71.7 Å². The van der Waals surface area contributed by atoms with Gasteiger partial charge in [-0.3, -0.25) is 9.59 Å². The van der Waals surface area contributed by atoms with Crippen LogP contribution in [0.25, 0.3) is 5.57 Å². The molecule has 1 saturated heterocycles. The Hall–Kier alpha value is -3.65. The van der Waals surface area contributed by atoms with Gasteiger partial charge in [0.15, 0.2) is 6.29 Å². The third-order valence-electron chi connectivity index (χ3n) is 6.79. The molecule has 37 heavy (non-hydrogen) atoms. The number of carbonyl (C=O) groups excluding carboxylic acids is 2. The minimum Gasteiger partial charge on any atom is -0.404 e. The van der Waals surface area contributed by atoms with Crippen LogP contribution in [0.15, 0.2) is 60.4 Å². The van der Waals surface area contributed by atoms with Crippen LogP contribution in [-0.4, -0.2) is 68.4 Å². The predicted molar refractivity (Wildman–Crippen MR) is 152 cm³/mol. The lowest BCUT2D eigenvalue weighted by atomic mass is 10.1. The quantitative estimate of drug-likeness (QED) is 0.259. The van der Waals surface area contributed by atoms with Gasteiger partial charge in [-0.2, -0.15) is 0 Å². The summed E-state index contributed by atoms with van der Waals surface area (Å²) < 4.78 is 0. The molecule has 1 aromatic heterocycles. The standard InChI is InChI=1S/C29H40N6O2/c1-4-34(5-2)19-18-33(3)28-11-9-10-27(32-28)24(21-30)20-25(22-36)31-29(37)23-12-14-26(15-13-23)35-16-7-6-8-17-35/h9-15,20-22H,4-8,16-19,30H2,1-3H3,(H,31,37)/b24-21+,25-20+. The highest BCUT2D eigenvalue weighted by Gasteiger charge is 2.14. The van der Waals surface area contributed by atoms with Gasteiger partial charge < -0.3 is 25.8 Å². The summed E-state index contributed by atoms with van der Waals surface area (Å²) in [6, 6.07) is 13.2. The largest absolute Gasteiger partial charge is 0.404 e. The number of piperidine rings is 1. The Morgan fingerprint density at radius 3 is 2.38 bits per heavy atom. The van der Waals surface area contributed by atoms with Crippen LogP contribution in [0.3, 0.4) is 0 Å². The van der Waals surface area contributed by atoms with Crippen LogP contribution in [0.1, 0.15) is 49.2 Å². The number of aldehydes is 1. The second-order valence-corrected chi connectivity index (χ2v) is 9.22. The fourth-order valence-corrected chi connectivity index (χ4v) is 4.40. The van der Waals surface area contributed by atoms with Gasteiger partial charge in [-0.05, 0) is 74.8 Å². The van der Waals surface area contributed by atoms with Crippen LogP contribution in [0.5, 0.6) is 0 Å². The number of aromatic nitrogens is 1. The van der Waals surface area contributed by atoms with Crippen molar-refractivity contribution < 1.29 is 9.59 Å². The Balaban J connectivity index is 1.68. The topological polar surface area (TPSA) is 94.8 Å². The van der Waals surface area contributed by atoms with E-state index < -0.39 is 0 Å². The number of pyridine rings is 1. The summed E-state index contributed by atoms with van der Waals surface area (Å²) in [5.41, 5.74) is 8.78. The molecular formula is C29H40N6O2. The highest BCUT2D eigenvalue weighted by atomic mass is 16.2. The van der Waals surface area contributed by atoms with Crippen LogP contribution in [0, 0.1) is 0 Å². The summed E-state index contributed by atoms with van der Waals surface area (Å²) in [7, 11) is 2.00. The molecule has 2 aromatic rings. The first-order valence-electron chi connectivity index (χ1n) is 13.1. The molecule has 0 aliphatic carbocycles. The minimum absolute atomic E-state index is 0.115. The van der Waals surface area contributed by atoms with Crippen molar-refractivity contribution in [3.8, 4) is 0 Å². The van der Waals surface area contributed by atoms with Crippen molar-refractivity contribution in [2.45, 2.75) is 33.1 Å². The Morgan fingerprint density at radius 2 is 1.76 bits per heavy atom. The van der Waals surface area contributed by atoms with Crippen molar-refractivity contribution in [1.82, 2.24) is 15.2 Å². The smallest absolute Gasteiger partial charge is 0.255 e. The van der Waals surface area contributed by atoms with Crippen LogP contribution in [0.4, 0.5) is 11.5 Å². The molecule has 0 atom stereocenters. The second-order valence-electron chi connectivity index (χ2n) is 9.22. The number of carbonyl (C=O) groups is 2. The fourth-order valence-electron chi connectivity index (χ4n) is 4.40. The maximum Gasteiger partial charge on any atom is 0.255 e. The van der Waals surface area contributed by atoms with Gasteiger partial charge in [0.05, 0.1) is 11.4 Å². The van der Waals surface area contributed by atoms with Crippen LogP contribution >= 0.6 is 0 Å². The highest BCUT2D eigenvalue weighted by Crippen LogP contribution is 2.21. The molecule has 2 heterocycles. The predicted octanol–water partition coefficient (Wildman–Crippen LogP) is 3.66. The van der Waals surface area contributed by atoms with Gasteiger partial charge in [0.1, 0.15) is 5.82 Å². The fraction of sp³-hybridized carbons (Fsp3) is 0.414. The number of benzene rings is 1. The van der Waals surface area contributed by atoms with Gasteiger partial charge in [0.2, 0.25) is 0 Å². The molecule has 3 rings (SSSR count). The third-order valence-corrected chi connectivity index (χ3v) is 6.79. The molecule has 8 heteroatoms. The van der Waals surface area contributed by atoms with E-state index in [1.807, 2.05) is 37.4 Å². The number of allylic oxidation sites excluding steroid dienone is 3. The SMILES string of the molecule is CCN(CC)CCN(C)c1cccc(C(/C=C(\C=O)NC(=O)c2ccc(N3CCCCC3)cc2)=C/N)n1. The summed E-state index contributed by atoms with van der Waals surface area (Å²) in [4.78, 5) is 36.1. The maximum absolute atomic E-state index is 12.8. The lowest BCUT2D eigenvalue weighted by Gasteiger charge is -2.28. The van der Waals surface area contributed by atoms with Crippen molar-refractivity contribution in [2.24, 2.45) is 5.73 Å². The van der Waals surface area contributed by atoms with Gasteiger partial charge in [0, 0.05) is 56.3 Å². The number of likely N-dealkylation sites (N-methyl/N-ethyl adjacent to an activating group) is 2. The molecule has 0 saturated carbocycles. The minimum atomic E-state index is -0.349. The number of anilines is 2. The van der Waals surface area contributed by atoms with Gasteiger partial charge in [-0.15, -0.1) is 0 Å². The first kappa shape index (κ1) is 27.9. The number of hydrogen-bond acceptors (Lipinski definition) is 7. The second kappa shape index (κ2) is 14.2. The molecule has 0 bridgehead atoms. The van der Waals surface area contributed by atoms with E-state index in [9.17, 15) is 9.59 Å². The van der Waals surface area contributed by atoms with Gasteiger partial charge in [-0.1, -0.05) is 19.9 Å². The summed E-state index contributed by atoms with van der Waals surface area (Å²) >= 11 is 0. The van der Waals surface area contributed by atoms with E-state index in [0.29, 0.717) is 23.1 Å². The van der Waals surface area contributed by atoms with E-state index >= 15 is 0 Å². The van der Waals surface area contributed by atoms with Crippen LogP contribution in [-0.2, 0) is 4.79 Å². The lowest BCUT2D eigenvalue weighted by Crippen LogP contribution is -2.33.